The molecule has 0 radical (unpaired) electrons. The summed E-state index contributed by atoms with van der Waals surface area (Å²) in [7, 11) is 1.63. The van der Waals surface area contributed by atoms with Crippen molar-refractivity contribution in [3.8, 4) is 5.75 Å². The van der Waals surface area contributed by atoms with Gasteiger partial charge in [-0.2, -0.15) is 0 Å². The van der Waals surface area contributed by atoms with Gasteiger partial charge in [0.2, 0.25) is 5.91 Å². The van der Waals surface area contributed by atoms with E-state index in [9.17, 15) is 4.79 Å². The number of benzene rings is 2. The number of halogens is 1. The fourth-order valence-corrected chi connectivity index (χ4v) is 2.25. The molecular weight excluding hydrogens is 312 g/mol. The van der Waals surface area contributed by atoms with E-state index < -0.39 is 0 Å². The van der Waals surface area contributed by atoms with Crippen molar-refractivity contribution in [2.24, 2.45) is 0 Å². The number of nitrogens with one attached hydrogen (secondary N) is 2. The summed E-state index contributed by atoms with van der Waals surface area (Å²) < 4.78 is 5.74. The average molecular weight is 333 g/mol. The highest BCUT2D eigenvalue weighted by molar-refractivity contribution is 6.31. The zero-order chi connectivity index (χ0) is 16.7. The van der Waals surface area contributed by atoms with E-state index in [0.29, 0.717) is 18.2 Å². The van der Waals surface area contributed by atoms with Gasteiger partial charge in [0.15, 0.2) is 0 Å². The van der Waals surface area contributed by atoms with Gasteiger partial charge in [0.05, 0.1) is 6.04 Å². The van der Waals surface area contributed by atoms with Crippen LogP contribution in [0.1, 0.15) is 18.1 Å². The molecule has 0 fully saturated rings. The third kappa shape index (κ3) is 5.27. The summed E-state index contributed by atoms with van der Waals surface area (Å²) in [6.45, 7) is 2.89. The van der Waals surface area contributed by atoms with Crippen molar-refractivity contribution in [2.45, 2.75) is 26.1 Å². The van der Waals surface area contributed by atoms with Crippen LogP contribution in [0.15, 0.2) is 48.5 Å². The molecule has 23 heavy (non-hydrogen) atoms. The summed E-state index contributed by atoms with van der Waals surface area (Å²) in [4.78, 5) is 11.4. The van der Waals surface area contributed by atoms with Gasteiger partial charge in [-0.1, -0.05) is 41.9 Å². The number of ether oxygens (including phenoxy) is 1. The van der Waals surface area contributed by atoms with Crippen LogP contribution < -0.4 is 15.4 Å². The molecule has 2 aromatic rings. The first-order chi connectivity index (χ1) is 11.1. The van der Waals surface area contributed by atoms with Crippen molar-refractivity contribution in [1.29, 1.82) is 0 Å². The Hall–Kier alpha value is -2.04. The summed E-state index contributed by atoms with van der Waals surface area (Å²) in [6, 6.07) is 15.2. The molecule has 2 rings (SSSR count). The highest BCUT2D eigenvalue weighted by Crippen LogP contribution is 2.19. The standard InChI is InChI=1S/C18H21ClN2O2/c1-13(18(22)20-2)21-11-14-7-9-16(10-8-14)23-12-15-5-3-4-6-17(15)19/h3-10,13,21H,11-12H2,1-2H3,(H,20,22). The summed E-state index contributed by atoms with van der Waals surface area (Å²) in [5, 5.41) is 6.48. The molecule has 0 saturated heterocycles. The number of hydrogen-bond acceptors (Lipinski definition) is 3. The normalized spacial score (nSPS) is 11.8. The lowest BCUT2D eigenvalue weighted by Crippen LogP contribution is -2.40. The summed E-state index contributed by atoms with van der Waals surface area (Å²) >= 11 is 6.10. The molecule has 2 aromatic carbocycles. The van der Waals surface area contributed by atoms with Crippen molar-refractivity contribution >= 4 is 17.5 Å². The first-order valence-corrected chi connectivity index (χ1v) is 7.88. The highest BCUT2D eigenvalue weighted by atomic mass is 35.5. The Bertz CT molecular complexity index is 644. The van der Waals surface area contributed by atoms with Crippen molar-refractivity contribution in [3.05, 3.63) is 64.7 Å². The predicted octanol–water partition coefficient (Wildman–Crippen LogP) is 3.14. The second kappa shape index (κ2) is 8.56. The third-order valence-corrected chi connectivity index (χ3v) is 3.90. The molecular formula is C18H21ClN2O2. The maximum Gasteiger partial charge on any atom is 0.236 e. The quantitative estimate of drug-likeness (QED) is 0.819. The van der Waals surface area contributed by atoms with Crippen LogP contribution in [0.3, 0.4) is 0 Å². The number of carbonyl (C=O) groups excluding carboxylic acids is 1. The number of likely N-dealkylation sites (N-methyl/N-ethyl adjacent to an activating group) is 1. The van der Waals surface area contributed by atoms with Gasteiger partial charge in [-0.05, 0) is 30.7 Å². The molecule has 0 spiro atoms. The predicted molar refractivity (Wildman–Crippen MR) is 92.6 cm³/mol. The molecule has 0 aliphatic carbocycles. The topological polar surface area (TPSA) is 50.4 Å². The minimum atomic E-state index is -0.226. The SMILES string of the molecule is CNC(=O)C(C)NCc1ccc(OCc2ccccc2Cl)cc1. The van der Waals surface area contributed by atoms with E-state index in [1.54, 1.807) is 7.05 Å². The van der Waals surface area contributed by atoms with Gasteiger partial charge < -0.3 is 15.4 Å². The lowest BCUT2D eigenvalue weighted by atomic mass is 10.2. The van der Waals surface area contributed by atoms with E-state index in [2.05, 4.69) is 10.6 Å². The molecule has 1 unspecified atom stereocenters. The monoisotopic (exact) mass is 332 g/mol. The first kappa shape index (κ1) is 17.3. The van der Waals surface area contributed by atoms with Crippen LogP contribution in [0.2, 0.25) is 5.02 Å². The van der Waals surface area contributed by atoms with Gasteiger partial charge in [0.1, 0.15) is 12.4 Å². The maximum absolute atomic E-state index is 11.4. The van der Waals surface area contributed by atoms with Gasteiger partial charge >= 0.3 is 0 Å². The molecule has 122 valence electrons. The van der Waals surface area contributed by atoms with Gasteiger partial charge in [-0.25, -0.2) is 0 Å². The van der Waals surface area contributed by atoms with E-state index in [1.807, 2.05) is 55.5 Å². The lowest BCUT2D eigenvalue weighted by molar-refractivity contribution is -0.122. The Morgan fingerprint density at radius 3 is 2.52 bits per heavy atom. The van der Waals surface area contributed by atoms with E-state index in [0.717, 1.165) is 16.9 Å². The van der Waals surface area contributed by atoms with Gasteiger partial charge in [-0.3, -0.25) is 4.79 Å². The van der Waals surface area contributed by atoms with Gasteiger partial charge in [-0.15, -0.1) is 0 Å². The van der Waals surface area contributed by atoms with Crippen LogP contribution in [0.25, 0.3) is 0 Å². The first-order valence-electron chi connectivity index (χ1n) is 7.50. The Kier molecular flexibility index (Phi) is 6.44. The van der Waals surface area contributed by atoms with Crippen molar-refractivity contribution < 1.29 is 9.53 Å². The molecule has 0 saturated carbocycles. The zero-order valence-corrected chi connectivity index (χ0v) is 14.1. The Labute approximate surface area is 141 Å². The summed E-state index contributed by atoms with van der Waals surface area (Å²) in [6.07, 6.45) is 0. The highest BCUT2D eigenvalue weighted by Gasteiger charge is 2.09. The fraction of sp³-hybridized carbons (Fsp3) is 0.278. The Balaban J connectivity index is 1.85. The van der Waals surface area contributed by atoms with Crippen molar-refractivity contribution in [2.75, 3.05) is 7.05 Å². The summed E-state index contributed by atoms with van der Waals surface area (Å²) in [5.41, 5.74) is 2.05. The van der Waals surface area contributed by atoms with E-state index in [1.165, 1.54) is 0 Å². The molecule has 0 heterocycles. The van der Waals surface area contributed by atoms with Crippen LogP contribution in [0, 0.1) is 0 Å². The molecule has 2 N–H and O–H groups in total. The van der Waals surface area contributed by atoms with Crippen LogP contribution in [-0.2, 0) is 17.9 Å². The molecule has 0 aliphatic rings. The smallest absolute Gasteiger partial charge is 0.236 e. The maximum atomic E-state index is 11.4. The largest absolute Gasteiger partial charge is 0.489 e. The second-order valence-electron chi connectivity index (χ2n) is 5.24. The van der Waals surface area contributed by atoms with Crippen LogP contribution >= 0.6 is 11.6 Å². The molecule has 0 aliphatic heterocycles. The van der Waals surface area contributed by atoms with Crippen LogP contribution in [0.4, 0.5) is 0 Å². The number of amides is 1. The minimum Gasteiger partial charge on any atom is -0.489 e. The van der Waals surface area contributed by atoms with E-state index >= 15 is 0 Å². The Morgan fingerprint density at radius 2 is 1.87 bits per heavy atom. The number of carbonyl (C=O) groups is 1. The molecule has 1 amide bonds. The molecule has 1 atom stereocenters. The van der Waals surface area contributed by atoms with Crippen LogP contribution in [0.5, 0.6) is 5.75 Å². The molecule has 5 heteroatoms. The fourth-order valence-electron chi connectivity index (χ4n) is 2.06. The minimum absolute atomic E-state index is 0.0234. The lowest BCUT2D eigenvalue weighted by Gasteiger charge is -2.12. The molecule has 0 aromatic heterocycles. The summed E-state index contributed by atoms with van der Waals surface area (Å²) in [5.74, 6) is 0.762. The van der Waals surface area contributed by atoms with Gasteiger partial charge in [0, 0.05) is 24.2 Å². The molecule has 0 bridgehead atoms. The second-order valence-corrected chi connectivity index (χ2v) is 5.65. The average Bonchev–Trinajstić information content (AvgIpc) is 2.59. The van der Waals surface area contributed by atoms with Crippen molar-refractivity contribution in [3.63, 3.8) is 0 Å². The zero-order valence-electron chi connectivity index (χ0n) is 13.3. The Morgan fingerprint density at radius 1 is 1.17 bits per heavy atom. The van der Waals surface area contributed by atoms with Crippen LogP contribution in [-0.4, -0.2) is 19.0 Å². The third-order valence-electron chi connectivity index (χ3n) is 3.53. The molecule has 4 nitrogen and oxygen atoms in total. The van der Waals surface area contributed by atoms with Gasteiger partial charge in [0.25, 0.3) is 0 Å². The number of rotatable bonds is 7. The number of hydrogen-bond donors (Lipinski definition) is 2. The van der Waals surface area contributed by atoms with E-state index in [4.69, 9.17) is 16.3 Å². The van der Waals surface area contributed by atoms with E-state index in [-0.39, 0.29) is 11.9 Å². The van der Waals surface area contributed by atoms with Crippen molar-refractivity contribution in [1.82, 2.24) is 10.6 Å².